The monoisotopic (exact) mass is 287 g/mol. The van der Waals surface area contributed by atoms with Crippen molar-refractivity contribution in [2.75, 3.05) is 13.7 Å². The maximum absolute atomic E-state index is 13.6. The topological polar surface area (TPSA) is 21.3 Å². The lowest BCUT2D eigenvalue weighted by atomic mass is 9.95. The van der Waals surface area contributed by atoms with Gasteiger partial charge < -0.3 is 10.1 Å². The van der Waals surface area contributed by atoms with Crippen molar-refractivity contribution in [3.8, 4) is 5.75 Å². The SMILES string of the molecule is CCNC(c1ccc(C)c(C)c1)c1ccc(F)c(OC)c1. The Labute approximate surface area is 126 Å². The lowest BCUT2D eigenvalue weighted by molar-refractivity contribution is 0.385. The number of hydrogen-bond acceptors (Lipinski definition) is 2. The van der Waals surface area contributed by atoms with E-state index < -0.39 is 0 Å². The third-order valence-corrected chi connectivity index (χ3v) is 3.78. The smallest absolute Gasteiger partial charge is 0.165 e. The summed E-state index contributed by atoms with van der Waals surface area (Å²) >= 11 is 0. The molecule has 0 radical (unpaired) electrons. The lowest BCUT2D eigenvalue weighted by Crippen LogP contribution is -2.22. The van der Waals surface area contributed by atoms with Gasteiger partial charge in [0, 0.05) is 0 Å². The largest absolute Gasteiger partial charge is 0.494 e. The number of nitrogens with one attached hydrogen (secondary N) is 1. The minimum Gasteiger partial charge on any atom is -0.494 e. The number of aryl methyl sites for hydroxylation is 2. The van der Waals surface area contributed by atoms with Crippen molar-refractivity contribution >= 4 is 0 Å². The molecule has 0 aliphatic rings. The molecule has 1 N–H and O–H groups in total. The van der Waals surface area contributed by atoms with Gasteiger partial charge in [-0.25, -0.2) is 4.39 Å². The van der Waals surface area contributed by atoms with Crippen molar-refractivity contribution in [1.29, 1.82) is 0 Å². The first-order chi connectivity index (χ1) is 10.1. The van der Waals surface area contributed by atoms with Gasteiger partial charge in [0.15, 0.2) is 11.6 Å². The first-order valence-electron chi connectivity index (χ1n) is 7.20. The van der Waals surface area contributed by atoms with Crippen LogP contribution in [0, 0.1) is 19.7 Å². The highest BCUT2D eigenvalue weighted by Crippen LogP contribution is 2.28. The number of hydrogen-bond donors (Lipinski definition) is 1. The average Bonchev–Trinajstić information content (AvgIpc) is 2.48. The van der Waals surface area contributed by atoms with Crippen LogP contribution in [0.3, 0.4) is 0 Å². The third-order valence-electron chi connectivity index (χ3n) is 3.78. The van der Waals surface area contributed by atoms with Gasteiger partial charge in [0.2, 0.25) is 0 Å². The van der Waals surface area contributed by atoms with Crippen LogP contribution in [0.5, 0.6) is 5.75 Å². The minimum absolute atomic E-state index is 0.0313. The molecule has 2 nitrogen and oxygen atoms in total. The van der Waals surface area contributed by atoms with Crippen LogP contribution in [0.15, 0.2) is 36.4 Å². The molecule has 2 rings (SSSR count). The molecule has 0 spiro atoms. The molecule has 2 aromatic carbocycles. The molecule has 0 amide bonds. The molecule has 1 unspecified atom stereocenters. The molecular formula is C18H22FNO. The Hall–Kier alpha value is -1.87. The molecular weight excluding hydrogens is 265 g/mol. The van der Waals surface area contributed by atoms with E-state index >= 15 is 0 Å². The van der Waals surface area contributed by atoms with Crippen LogP contribution in [0.25, 0.3) is 0 Å². The first kappa shape index (κ1) is 15.5. The molecule has 0 aromatic heterocycles. The van der Waals surface area contributed by atoms with Crippen molar-refractivity contribution in [3.05, 3.63) is 64.5 Å². The second-order valence-corrected chi connectivity index (χ2v) is 5.23. The summed E-state index contributed by atoms with van der Waals surface area (Å²) < 4.78 is 18.7. The number of rotatable bonds is 5. The third kappa shape index (κ3) is 3.42. The van der Waals surface area contributed by atoms with Gasteiger partial charge in [-0.05, 0) is 54.8 Å². The van der Waals surface area contributed by atoms with Crippen molar-refractivity contribution in [2.24, 2.45) is 0 Å². The van der Waals surface area contributed by atoms with Gasteiger partial charge in [0.05, 0.1) is 13.2 Å². The van der Waals surface area contributed by atoms with Crippen molar-refractivity contribution in [2.45, 2.75) is 26.8 Å². The summed E-state index contributed by atoms with van der Waals surface area (Å²) in [6.07, 6.45) is 0. The van der Waals surface area contributed by atoms with Crippen LogP contribution in [0.2, 0.25) is 0 Å². The van der Waals surface area contributed by atoms with Crippen molar-refractivity contribution in [3.63, 3.8) is 0 Å². The molecule has 0 aliphatic heterocycles. The molecule has 2 aromatic rings. The van der Waals surface area contributed by atoms with Gasteiger partial charge in [-0.1, -0.05) is 31.2 Å². The molecule has 0 heterocycles. The maximum atomic E-state index is 13.6. The first-order valence-corrected chi connectivity index (χ1v) is 7.20. The fourth-order valence-electron chi connectivity index (χ4n) is 2.43. The van der Waals surface area contributed by atoms with Gasteiger partial charge in [-0.2, -0.15) is 0 Å². The predicted molar refractivity (Wildman–Crippen MR) is 84.4 cm³/mol. The number of halogens is 1. The van der Waals surface area contributed by atoms with Gasteiger partial charge in [0.1, 0.15) is 0 Å². The molecule has 0 aliphatic carbocycles. The van der Waals surface area contributed by atoms with Crippen LogP contribution in [-0.2, 0) is 0 Å². The van der Waals surface area contributed by atoms with E-state index in [2.05, 4.69) is 44.3 Å². The van der Waals surface area contributed by atoms with Crippen LogP contribution < -0.4 is 10.1 Å². The summed E-state index contributed by atoms with van der Waals surface area (Å²) in [5.41, 5.74) is 4.70. The Morgan fingerprint density at radius 1 is 1.05 bits per heavy atom. The standard InChI is InChI=1S/C18H22FNO/c1-5-20-18(14-7-6-12(2)13(3)10-14)15-8-9-16(19)17(11-15)21-4/h6-11,18,20H,5H2,1-4H3. The molecule has 112 valence electrons. The van der Waals surface area contributed by atoms with E-state index in [4.69, 9.17) is 4.74 Å². The summed E-state index contributed by atoms with van der Waals surface area (Å²) in [5, 5.41) is 3.45. The summed E-state index contributed by atoms with van der Waals surface area (Å²) in [4.78, 5) is 0. The molecule has 0 bridgehead atoms. The van der Waals surface area contributed by atoms with E-state index in [0.29, 0.717) is 0 Å². The zero-order valence-electron chi connectivity index (χ0n) is 13.0. The molecule has 1 atom stereocenters. The van der Waals surface area contributed by atoms with E-state index in [9.17, 15) is 4.39 Å². The molecule has 0 saturated heterocycles. The fraction of sp³-hybridized carbons (Fsp3) is 0.333. The summed E-state index contributed by atoms with van der Waals surface area (Å²) in [6, 6.07) is 11.5. The van der Waals surface area contributed by atoms with Crippen LogP contribution in [0.1, 0.15) is 35.2 Å². The Bertz CT molecular complexity index is 625. The van der Waals surface area contributed by atoms with E-state index in [1.807, 2.05) is 0 Å². The molecule has 0 fully saturated rings. The summed E-state index contributed by atoms with van der Waals surface area (Å²) in [7, 11) is 1.49. The van der Waals surface area contributed by atoms with Gasteiger partial charge >= 0.3 is 0 Å². The average molecular weight is 287 g/mol. The number of benzene rings is 2. The highest BCUT2D eigenvalue weighted by Gasteiger charge is 2.15. The van der Waals surface area contributed by atoms with Crippen LogP contribution in [0.4, 0.5) is 4.39 Å². The van der Waals surface area contributed by atoms with Crippen LogP contribution in [-0.4, -0.2) is 13.7 Å². The lowest BCUT2D eigenvalue weighted by Gasteiger charge is -2.20. The Kier molecular flexibility index (Phi) is 4.97. The Balaban J connectivity index is 2.44. The highest BCUT2D eigenvalue weighted by atomic mass is 19.1. The molecule has 21 heavy (non-hydrogen) atoms. The minimum atomic E-state index is -0.336. The van der Waals surface area contributed by atoms with Crippen LogP contribution >= 0.6 is 0 Å². The van der Waals surface area contributed by atoms with Gasteiger partial charge in [0.25, 0.3) is 0 Å². The van der Waals surface area contributed by atoms with Crippen molar-refractivity contribution in [1.82, 2.24) is 5.32 Å². The Morgan fingerprint density at radius 3 is 2.33 bits per heavy atom. The quantitative estimate of drug-likeness (QED) is 0.892. The van der Waals surface area contributed by atoms with Gasteiger partial charge in [-0.3, -0.25) is 0 Å². The normalized spacial score (nSPS) is 12.2. The predicted octanol–water partition coefficient (Wildman–Crippen LogP) is 4.15. The van der Waals surface area contributed by atoms with Crippen molar-refractivity contribution < 1.29 is 9.13 Å². The number of ether oxygens (including phenoxy) is 1. The van der Waals surface area contributed by atoms with E-state index in [1.165, 1.54) is 29.9 Å². The van der Waals surface area contributed by atoms with Gasteiger partial charge in [-0.15, -0.1) is 0 Å². The second-order valence-electron chi connectivity index (χ2n) is 5.23. The highest BCUT2D eigenvalue weighted by molar-refractivity contribution is 5.40. The molecule has 3 heteroatoms. The molecule has 0 saturated carbocycles. The van der Waals surface area contributed by atoms with E-state index in [1.54, 1.807) is 12.1 Å². The summed E-state index contributed by atoms with van der Waals surface area (Å²) in [5.74, 6) is -0.0594. The zero-order chi connectivity index (χ0) is 15.4. The van der Waals surface area contributed by atoms with E-state index in [-0.39, 0.29) is 17.6 Å². The second kappa shape index (κ2) is 6.72. The Morgan fingerprint density at radius 2 is 1.71 bits per heavy atom. The van der Waals surface area contributed by atoms with E-state index in [0.717, 1.165) is 12.1 Å². The zero-order valence-corrected chi connectivity index (χ0v) is 13.0. The fourth-order valence-corrected chi connectivity index (χ4v) is 2.43. The number of methoxy groups -OCH3 is 1. The summed E-state index contributed by atoms with van der Waals surface area (Å²) in [6.45, 7) is 7.10. The maximum Gasteiger partial charge on any atom is 0.165 e.